The summed E-state index contributed by atoms with van der Waals surface area (Å²) in [6.07, 6.45) is 17.4. The number of aromatic nitrogens is 3. The summed E-state index contributed by atoms with van der Waals surface area (Å²) in [5, 5.41) is 11.4. The minimum absolute atomic E-state index is 0.320. The van der Waals surface area contributed by atoms with Gasteiger partial charge in [-0.3, -0.25) is 15.0 Å². The molecule has 346 valence electrons. The number of terminal acetylenes is 1. The molecular formula is C47H78Br2FN9OSi2. The van der Waals surface area contributed by atoms with E-state index in [1.807, 2.05) is 24.8 Å². The average molecular weight is 1020 g/mol. The van der Waals surface area contributed by atoms with Crippen molar-refractivity contribution in [3.63, 3.8) is 0 Å². The number of anilines is 2. The Hall–Kier alpha value is -2.71. The molecule has 6 rings (SSSR count). The SMILES string of the molecule is C#C[Si](C)(C)C.CCCCO.CCN1CCN(c2cncc(Br)c2)CC1.CCN1CCN(c2cncc(C#C[Si](C)(C)C)c2)CC1.CCN1CCNCC1.Fc1cncc(Br)c1. The highest BCUT2D eigenvalue weighted by molar-refractivity contribution is 9.10. The third-order valence-corrected chi connectivity index (χ3v) is 12.2. The van der Waals surface area contributed by atoms with Crippen molar-refractivity contribution in [2.24, 2.45) is 0 Å². The highest BCUT2D eigenvalue weighted by Crippen LogP contribution is 2.20. The average Bonchev–Trinajstić information content (AvgIpc) is 3.27. The van der Waals surface area contributed by atoms with Crippen LogP contribution < -0.4 is 15.1 Å². The zero-order valence-corrected chi connectivity index (χ0v) is 44.8. The number of nitrogens with one attached hydrogen (secondary N) is 1. The molecule has 3 saturated heterocycles. The first kappa shape index (κ1) is 57.3. The number of hydrogen-bond acceptors (Lipinski definition) is 10. The van der Waals surface area contributed by atoms with E-state index in [1.54, 1.807) is 0 Å². The van der Waals surface area contributed by atoms with E-state index in [0.717, 1.165) is 94.5 Å². The zero-order valence-electron chi connectivity index (χ0n) is 39.7. The molecule has 10 nitrogen and oxygen atoms in total. The van der Waals surface area contributed by atoms with Crippen molar-refractivity contribution < 1.29 is 9.50 Å². The molecule has 0 radical (unpaired) electrons. The van der Waals surface area contributed by atoms with Crippen molar-refractivity contribution in [1.29, 1.82) is 0 Å². The van der Waals surface area contributed by atoms with Gasteiger partial charge < -0.3 is 34.9 Å². The molecular weight excluding hydrogens is 942 g/mol. The fourth-order valence-corrected chi connectivity index (χ4v) is 6.93. The molecule has 62 heavy (non-hydrogen) atoms. The fraction of sp³-hybridized carbons (Fsp3) is 0.596. The first-order valence-electron chi connectivity index (χ1n) is 22.3. The molecule has 6 heterocycles. The molecule has 0 amide bonds. The summed E-state index contributed by atoms with van der Waals surface area (Å²) in [6.45, 7) is 39.6. The summed E-state index contributed by atoms with van der Waals surface area (Å²) in [6, 6.07) is 5.67. The molecule has 0 aromatic carbocycles. The number of rotatable bonds is 7. The van der Waals surface area contributed by atoms with E-state index in [-0.39, 0.29) is 5.82 Å². The Morgan fingerprint density at radius 3 is 1.42 bits per heavy atom. The number of halogens is 3. The molecule has 3 aliphatic rings. The lowest BCUT2D eigenvalue weighted by atomic mass is 10.2. The van der Waals surface area contributed by atoms with E-state index < -0.39 is 16.1 Å². The minimum atomic E-state index is -1.32. The highest BCUT2D eigenvalue weighted by atomic mass is 79.9. The molecule has 0 atom stereocenters. The van der Waals surface area contributed by atoms with Crippen LogP contribution in [0.3, 0.4) is 0 Å². The number of hydrogen-bond donors (Lipinski definition) is 2. The van der Waals surface area contributed by atoms with Crippen LogP contribution in [0.1, 0.15) is 46.1 Å². The van der Waals surface area contributed by atoms with Gasteiger partial charge in [0, 0.05) is 118 Å². The fourth-order valence-electron chi connectivity index (χ4n) is 5.72. The first-order valence-corrected chi connectivity index (χ1v) is 30.9. The molecule has 15 heteroatoms. The summed E-state index contributed by atoms with van der Waals surface area (Å²) in [7, 11) is -2.42. The smallest absolute Gasteiger partial charge is 0.142 e. The van der Waals surface area contributed by atoms with Crippen LogP contribution in [-0.4, -0.2) is 156 Å². The lowest BCUT2D eigenvalue weighted by molar-refractivity contribution is 0.253. The number of nitrogens with zero attached hydrogens (tertiary/aromatic N) is 8. The minimum Gasteiger partial charge on any atom is -0.396 e. The van der Waals surface area contributed by atoms with Gasteiger partial charge in [0.1, 0.15) is 22.0 Å². The number of aliphatic hydroxyl groups excluding tert-OH is 1. The van der Waals surface area contributed by atoms with Gasteiger partial charge in [-0.25, -0.2) is 4.39 Å². The van der Waals surface area contributed by atoms with Crippen LogP contribution in [0.4, 0.5) is 15.8 Å². The quantitative estimate of drug-likeness (QED) is 0.177. The van der Waals surface area contributed by atoms with Gasteiger partial charge in [-0.2, -0.15) is 0 Å². The Bertz CT molecular complexity index is 1710. The zero-order chi connectivity index (χ0) is 46.4. The monoisotopic (exact) mass is 1020 g/mol. The van der Waals surface area contributed by atoms with Crippen LogP contribution in [0, 0.1) is 29.2 Å². The van der Waals surface area contributed by atoms with E-state index in [0.29, 0.717) is 11.1 Å². The number of piperazine rings is 3. The van der Waals surface area contributed by atoms with E-state index >= 15 is 0 Å². The van der Waals surface area contributed by atoms with Crippen LogP contribution in [0.5, 0.6) is 0 Å². The van der Waals surface area contributed by atoms with Gasteiger partial charge in [-0.15, -0.1) is 17.5 Å². The molecule has 0 bridgehead atoms. The normalized spacial score (nSPS) is 15.7. The van der Waals surface area contributed by atoms with Crippen molar-refractivity contribution in [3.8, 4) is 23.4 Å². The molecule has 3 aliphatic heterocycles. The maximum Gasteiger partial charge on any atom is 0.142 e. The third-order valence-electron chi connectivity index (χ3n) is 9.64. The maximum atomic E-state index is 12.1. The van der Waals surface area contributed by atoms with Gasteiger partial charge in [0.05, 0.1) is 30.0 Å². The van der Waals surface area contributed by atoms with Gasteiger partial charge in [-0.05, 0) is 76.1 Å². The Morgan fingerprint density at radius 2 is 1.08 bits per heavy atom. The van der Waals surface area contributed by atoms with Crippen LogP contribution >= 0.6 is 31.9 Å². The van der Waals surface area contributed by atoms with Crippen LogP contribution in [0.25, 0.3) is 0 Å². The largest absolute Gasteiger partial charge is 0.396 e. The van der Waals surface area contributed by atoms with Gasteiger partial charge in [0.2, 0.25) is 0 Å². The standard InChI is InChI=1S/C16H25N3Si.C11H16BrN3.C6H14N2.C5H3BrFN.C5H10Si.C4H10O/c1-5-18-7-9-19(10-8-18)16-12-15(13-17-14-16)6-11-20(2,3)4;1-2-14-3-5-15(6-4-14)11-7-10(12)8-13-9-11;1-2-8-5-3-7-4-6-8;6-4-1-5(7)3-8-2-4;1-5-6(2,3)4;1-2-3-4-5/h12-14H,5,7-10H2,1-4H3;7-9H,2-6H2,1H3;7H,2-6H2,1H3;1-3H;1H,2-4H3;5H,2-4H2,1H3. The summed E-state index contributed by atoms with van der Waals surface area (Å²) in [4.78, 5) is 24.3. The van der Waals surface area contributed by atoms with Gasteiger partial charge >= 0.3 is 0 Å². The lowest BCUT2D eigenvalue weighted by Gasteiger charge is -2.35. The predicted molar refractivity (Wildman–Crippen MR) is 276 cm³/mol. The molecule has 0 aliphatic carbocycles. The molecule has 0 spiro atoms. The van der Waals surface area contributed by atoms with Crippen LogP contribution in [0.15, 0.2) is 64.3 Å². The Morgan fingerprint density at radius 1 is 0.645 bits per heavy atom. The highest BCUT2D eigenvalue weighted by Gasteiger charge is 2.17. The van der Waals surface area contributed by atoms with Crippen molar-refractivity contribution in [2.75, 3.05) is 115 Å². The van der Waals surface area contributed by atoms with E-state index in [9.17, 15) is 4.39 Å². The number of likely N-dealkylation sites (N-methyl/N-ethyl adjacent to an activating group) is 3. The number of unbranched alkanes of at least 4 members (excludes halogenated alkanes) is 1. The molecule has 0 unspecified atom stereocenters. The second kappa shape index (κ2) is 32.9. The summed E-state index contributed by atoms with van der Waals surface area (Å²) >= 11 is 6.51. The van der Waals surface area contributed by atoms with Gasteiger partial charge in [-0.1, -0.05) is 79.3 Å². The summed E-state index contributed by atoms with van der Waals surface area (Å²) < 4.78 is 13.8. The topological polar surface area (TPSA) is 87.1 Å². The molecule has 2 N–H and O–H groups in total. The van der Waals surface area contributed by atoms with Gasteiger partial charge in [0.15, 0.2) is 0 Å². The van der Waals surface area contributed by atoms with Crippen molar-refractivity contribution in [1.82, 2.24) is 35.0 Å². The molecule has 3 fully saturated rings. The van der Waals surface area contributed by atoms with Crippen molar-refractivity contribution in [2.45, 2.75) is 79.8 Å². The number of pyridine rings is 3. The Balaban J connectivity index is 0.000000402. The summed E-state index contributed by atoms with van der Waals surface area (Å²) in [5.41, 5.74) is 9.63. The van der Waals surface area contributed by atoms with Crippen molar-refractivity contribution >= 4 is 59.4 Å². The van der Waals surface area contributed by atoms with Crippen LogP contribution in [-0.2, 0) is 0 Å². The molecule has 0 saturated carbocycles. The van der Waals surface area contributed by atoms with E-state index in [4.69, 9.17) is 11.5 Å². The maximum absolute atomic E-state index is 12.1. The van der Waals surface area contributed by atoms with E-state index in [1.165, 1.54) is 56.4 Å². The lowest BCUT2D eigenvalue weighted by Crippen LogP contribution is -2.46. The summed E-state index contributed by atoms with van der Waals surface area (Å²) in [5.74, 6) is 2.98. The van der Waals surface area contributed by atoms with Gasteiger partial charge in [0.25, 0.3) is 0 Å². The third kappa shape index (κ3) is 28.2. The van der Waals surface area contributed by atoms with Crippen LogP contribution in [0.2, 0.25) is 39.3 Å². The second-order valence-electron chi connectivity index (χ2n) is 17.1. The van der Waals surface area contributed by atoms with E-state index in [2.05, 4.69) is 173 Å². The second-order valence-corrected chi connectivity index (χ2v) is 28.5. The molecule has 3 aromatic rings. The first-order chi connectivity index (χ1) is 29.5. The van der Waals surface area contributed by atoms with Crippen molar-refractivity contribution in [3.05, 3.63) is 75.7 Å². The molecule has 3 aromatic heterocycles. The Kier molecular flexibility index (Phi) is 30.4. The Labute approximate surface area is 395 Å². The number of aliphatic hydroxyl groups is 1. The predicted octanol–water partition coefficient (Wildman–Crippen LogP) is 8.61.